The van der Waals surface area contributed by atoms with E-state index in [0.717, 1.165) is 0 Å². The van der Waals surface area contributed by atoms with E-state index in [4.69, 9.17) is 11.5 Å². The van der Waals surface area contributed by atoms with Gasteiger partial charge in [0, 0.05) is 11.0 Å². The molecule has 0 unspecified atom stereocenters. The first-order chi connectivity index (χ1) is 6.06. The monoisotopic (exact) mass is 251 g/mol. The highest BCUT2D eigenvalue weighted by molar-refractivity contribution is 9.10. The van der Waals surface area contributed by atoms with Crippen molar-refractivity contribution >= 4 is 21.6 Å². The van der Waals surface area contributed by atoms with Gasteiger partial charge in [0.2, 0.25) is 0 Å². The number of hydrogen-bond acceptors (Lipinski definition) is 3. The van der Waals surface area contributed by atoms with E-state index >= 15 is 0 Å². The Kier molecular flexibility index (Phi) is 3.16. The average molecular weight is 252 g/mol. The number of nitrogens with zero attached hydrogens (tertiary/aromatic N) is 1. The summed E-state index contributed by atoms with van der Waals surface area (Å²) >= 11 is 3.05. The minimum Gasteiger partial charge on any atom is -0.396 e. The molecule has 0 saturated heterocycles. The first kappa shape index (κ1) is 10.3. The molecule has 0 saturated carbocycles. The van der Waals surface area contributed by atoms with Gasteiger partial charge >= 0.3 is 0 Å². The third-order valence-electron chi connectivity index (χ3n) is 1.52. The predicted molar refractivity (Wildman–Crippen MR) is 49.2 cm³/mol. The van der Waals surface area contributed by atoms with Gasteiger partial charge in [-0.05, 0) is 22.0 Å². The largest absolute Gasteiger partial charge is 0.396 e. The second-order valence-electron chi connectivity index (χ2n) is 2.39. The molecule has 4 N–H and O–H groups in total. The molecule has 0 aliphatic rings. The van der Waals surface area contributed by atoms with Gasteiger partial charge in [0.15, 0.2) is 0 Å². The highest BCUT2D eigenvalue weighted by Crippen LogP contribution is 2.27. The van der Waals surface area contributed by atoms with Crippen LogP contribution in [0, 0.1) is 0 Å². The number of nitrogen functional groups attached to an aromatic ring is 1. The van der Waals surface area contributed by atoms with Crippen LogP contribution in [-0.4, -0.2) is 4.98 Å². The molecule has 0 amide bonds. The van der Waals surface area contributed by atoms with Crippen LogP contribution < -0.4 is 11.5 Å². The van der Waals surface area contributed by atoms with Crippen molar-refractivity contribution in [2.45, 2.75) is 13.0 Å². The maximum Gasteiger partial charge on any atom is 0.280 e. The number of anilines is 1. The number of pyridine rings is 1. The summed E-state index contributed by atoms with van der Waals surface area (Å²) in [5, 5.41) is 0. The van der Waals surface area contributed by atoms with Crippen molar-refractivity contribution in [1.82, 2.24) is 4.98 Å². The second-order valence-corrected chi connectivity index (χ2v) is 3.25. The summed E-state index contributed by atoms with van der Waals surface area (Å²) in [7, 11) is 0. The molecular formula is C7H8BrF2N3. The van der Waals surface area contributed by atoms with Gasteiger partial charge in [0.1, 0.15) is 5.69 Å². The SMILES string of the molecule is NCc1nc(C(F)F)cc(Br)c1N. The molecule has 0 radical (unpaired) electrons. The number of alkyl halides is 2. The quantitative estimate of drug-likeness (QED) is 0.843. The number of halogens is 3. The lowest BCUT2D eigenvalue weighted by Crippen LogP contribution is -2.07. The van der Waals surface area contributed by atoms with Crippen molar-refractivity contribution < 1.29 is 8.78 Å². The minimum atomic E-state index is -2.61. The lowest BCUT2D eigenvalue weighted by molar-refractivity contribution is 0.146. The minimum absolute atomic E-state index is 0.0466. The van der Waals surface area contributed by atoms with E-state index in [9.17, 15) is 8.78 Å². The summed E-state index contributed by atoms with van der Waals surface area (Å²) in [5.41, 5.74) is 11.1. The Morgan fingerprint density at radius 3 is 2.62 bits per heavy atom. The smallest absolute Gasteiger partial charge is 0.280 e. The number of aromatic nitrogens is 1. The fourth-order valence-electron chi connectivity index (χ4n) is 0.861. The van der Waals surface area contributed by atoms with Gasteiger partial charge in [-0.1, -0.05) is 0 Å². The number of hydrogen-bond donors (Lipinski definition) is 2. The van der Waals surface area contributed by atoms with Crippen molar-refractivity contribution in [3.05, 3.63) is 21.9 Å². The molecule has 0 atom stereocenters. The zero-order valence-electron chi connectivity index (χ0n) is 6.60. The lowest BCUT2D eigenvalue weighted by atomic mass is 10.2. The van der Waals surface area contributed by atoms with Gasteiger partial charge < -0.3 is 11.5 Å². The van der Waals surface area contributed by atoms with Crippen molar-refractivity contribution in [1.29, 1.82) is 0 Å². The van der Waals surface area contributed by atoms with E-state index in [1.54, 1.807) is 0 Å². The van der Waals surface area contributed by atoms with Gasteiger partial charge in [-0.2, -0.15) is 0 Å². The Bertz CT molecular complexity index is 317. The van der Waals surface area contributed by atoms with E-state index in [1.165, 1.54) is 6.07 Å². The molecule has 72 valence electrons. The molecule has 0 fully saturated rings. The summed E-state index contributed by atoms with van der Waals surface area (Å²) < 4.78 is 24.9. The molecule has 0 aliphatic carbocycles. The topological polar surface area (TPSA) is 64.9 Å². The molecule has 3 nitrogen and oxygen atoms in total. The molecule has 0 bridgehead atoms. The van der Waals surface area contributed by atoms with E-state index in [1.807, 2.05) is 0 Å². The number of nitrogens with two attached hydrogens (primary N) is 2. The first-order valence-electron chi connectivity index (χ1n) is 3.49. The molecule has 1 heterocycles. The Balaban J connectivity index is 3.22. The molecule has 6 heteroatoms. The van der Waals surface area contributed by atoms with Crippen LogP contribution in [0.15, 0.2) is 10.5 Å². The lowest BCUT2D eigenvalue weighted by Gasteiger charge is -2.07. The highest BCUT2D eigenvalue weighted by Gasteiger charge is 2.13. The van der Waals surface area contributed by atoms with E-state index in [0.29, 0.717) is 10.2 Å². The maximum atomic E-state index is 12.2. The van der Waals surface area contributed by atoms with Gasteiger partial charge in [0.05, 0.1) is 11.4 Å². The standard InChI is InChI=1S/C7H8BrF2N3/c8-3-1-4(7(9)10)13-5(2-11)6(3)12/h1,7H,2,11-12H2. The van der Waals surface area contributed by atoms with E-state index in [2.05, 4.69) is 20.9 Å². The van der Waals surface area contributed by atoms with Crippen LogP contribution in [0.1, 0.15) is 17.8 Å². The van der Waals surface area contributed by atoms with Crippen LogP contribution >= 0.6 is 15.9 Å². The summed E-state index contributed by atoms with van der Waals surface area (Å²) in [5.74, 6) is 0. The Morgan fingerprint density at radius 2 is 2.15 bits per heavy atom. The van der Waals surface area contributed by atoms with Crippen LogP contribution in [0.4, 0.5) is 14.5 Å². The molecule has 1 aromatic heterocycles. The van der Waals surface area contributed by atoms with Crippen LogP contribution in [0.5, 0.6) is 0 Å². The zero-order valence-corrected chi connectivity index (χ0v) is 8.18. The average Bonchev–Trinajstić information content (AvgIpc) is 2.09. The molecule has 0 spiro atoms. The van der Waals surface area contributed by atoms with Crippen LogP contribution in [0.3, 0.4) is 0 Å². The number of rotatable bonds is 2. The van der Waals surface area contributed by atoms with Crippen LogP contribution in [0.2, 0.25) is 0 Å². The summed E-state index contributed by atoms with van der Waals surface area (Å²) in [4.78, 5) is 3.62. The van der Waals surface area contributed by atoms with E-state index < -0.39 is 6.43 Å². The fourth-order valence-corrected chi connectivity index (χ4v) is 1.32. The Morgan fingerprint density at radius 1 is 1.54 bits per heavy atom. The summed E-state index contributed by atoms with van der Waals surface area (Å²) in [6.07, 6.45) is -2.61. The first-order valence-corrected chi connectivity index (χ1v) is 4.28. The third-order valence-corrected chi connectivity index (χ3v) is 2.18. The van der Waals surface area contributed by atoms with Crippen molar-refractivity contribution in [2.75, 3.05) is 5.73 Å². The predicted octanol–water partition coefficient (Wildman–Crippen LogP) is 1.82. The molecule has 1 aromatic rings. The summed E-state index contributed by atoms with van der Waals surface area (Å²) in [6.45, 7) is 0.0466. The van der Waals surface area contributed by atoms with Crippen molar-refractivity contribution in [3.63, 3.8) is 0 Å². The molecule has 0 aliphatic heterocycles. The normalized spacial score (nSPS) is 10.8. The molecule has 1 rings (SSSR count). The maximum absolute atomic E-state index is 12.2. The van der Waals surface area contributed by atoms with Gasteiger partial charge in [0.25, 0.3) is 6.43 Å². The Labute approximate surface area is 82.3 Å². The van der Waals surface area contributed by atoms with E-state index in [-0.39, 0.29) is 17.9 Å². The second kappa shape index (κ2) is 3.97. The zero-order chi connectivity index (χ0) is 10.0. The van der Waals surface area contributed by atoms with Gasteiger partial charge in [-0.15, -0.1) is 0 Å². The van der Waals surface area contributed by atoms with Gasteiger partial charge in [-0.25, -0.2) is 13.8 Å². The van der Waals surface area contributed by atoms with Crippen LogP contribution in [0.25, 0.3) is 0 Å². The fraction of sp³-hybridized carbons (Fsp3) is 0.286. The highest BCUT2D eigenvalue weighted by atomic mass is 79.9. The molecule has 13 heavy (non-hydrogen) atoms. The van der Waals surface area contributed by atoms with Crippen molar-refractivity contribution in [3.8, 4) is 0 Å². The Hall–Kier alpha value is -0.750. The molecular weight excluding hydrogens is 244 g/mol. The van der Waals surface area contributed by atoms with Crippen molar-refractivity contribution in [2.24, 2.45) is 5.73 Å². The van der Waals surface area contributed by atoms with Gasteiger partial charge in [-0.3, -0.25) is 0 Å². The molecule has 0 aromatic carbocycles. The third kappa shape index (κ3) is 2.13. The summed E-state index contributed by atoms with van der Waals surface area (Å²) in [6, 6.07) is 1.19. The van der Waals surface area contributed by atoms with Crippen LogP contribution in [-0.2, 0) is 6.54 Å².